The van der Waals surface area contributed by atoms with Crippen molar-refractivity contribution in [3.8, 4) is 5.75 Å². The molecule has 0 saturated heterocycles. The van der Waals surface area contributed by atoms with E-state index in [4.69, 9.17) is 4.74 Å². The van der Waals surface area contributed by atoms with Crippen LogP contribution in [0.2, 0.25) is 0 Å². The van der Waals surface area contributed by atoms with Gasteiger partial charge in [0, 0.05) is 12.1 Å². The zero-order valence-corrected chi connectivity index (χ0v) is 13.5. The van der Waals surface area contributed by atoms with E-state index in [0.29, 0.717) is 24.6 Å². The second-order valence-electron chi connectivity index (χ2n) is 5.87. The van der Waals surface area contributed by atoms with Crippen molar-refractivity contribution in [3.63, 3.8) is 0 Å². The molecule has 0 radical (unpaired) electrons. The Hall–Kier alpha value is -1.55. The quantitative estimate of drug-likeness (QED) is 0.733. The number of nitrogens with one attached hydrogen (secondary N) is 1. The molecule has 0 aromatic heterocycles. The lowest BCUT2D eigenvalue weighted by Gasteiger charge is -2.18. The summed E-state index contributed by atoms with van der Waals surface area (Å²) in [6.07, 6.45) is 0.521. The zero-order chi connectivity index (χ0) is 15.8. The van der Waals surface area contributed by atoms with E-state index in [0.717, 1.165) is 24.1 Å². The fourth-order valence-electron chi connectivity index (χ4n) is 2.11. The minimum atomic E-state index is -0.904. The van der Waals surface area contributed by atoms with Gasteiger partial charge in [0.2, 0.25) is 0 Å². The molecule has 0 heterocycles. The predicted molar refractivity (Wildman–Crippen MR) is 84.7 cm³/mol. The molecule has 0 amide bonds. The van der Waals surface area contributed by atoms with E-state index in [-0.39, 0.29) is 0 Å². The highest BCUT2D eigenvalue weighted by molar-refractivity contribution is 5.72. The molecule has 21 heavy (non-hydrogen) atoms. The van der Waals surface area contributed by atoms with E-state index in [9.17, 15) is 9.90 Å². The molecule has 1 rings (SSSR count). The summed E-state index contributed by atoms with van der Waals surface area (Å²) in [6.45, 7) is 9.90. The predicted octanol–water partition coefficient (Wildman–Crippen LogP) is 3.37. The summed E-state index contributed by atoms with van der Waals surface area (Å²) in [7, 11) is 0. The number of ether oxygens (including phenoxy) is 1. The highest BCUT2D eigenvalue weighted by Crippen LogP contribution is 2.22. The molecular formula is C17H27NO3. The van der Waals surface area contributed by atoms with Gasteiger partial charge in [-0.05, 0) is 31.9 Å². The number of hydrogen-bond acceptors (Lipinski definition) is 3. The molecule has 4 nitrogen and oxygen atoms in total. The maximum absolute atomic E-state index is 11.2. The first-order valence-electron chi connectivity index (χ1n) is 7.63. The summed E-state index contributed by atoms with van der Waals surface area (Å²) in [5.41, 5.74) is 2.16. The summed E-state index contributed by atoms with van der Waals surface area (Å²) in [4.78, 5) is 11.2. The highest BCUT2D eigenvalue weighted by atomic mass is 16.5. The Morgan fingerprint density at radius 1 is 1.38 bits per heavy atom. The van der Waals surface area contributed by atoms with Crippen molar-refractivity contribution in [2.45, 2.75) is 53.2 Å². The van der Waals surface area contributed by atoms with E-state index >= 15 is 0 Å². The van der Waals surface area contributed by atoms with E-state index in [1.807, 2.05) is 32.0 Å². The van der Waals surface area contributed by atoms with Gasteiger partial charge in [-0.25, -0.2) is 4.79 Å². The molecule has 1 atom stereocenters. The maximum Gasteiger partial charge on any atom is 0.344 e. The van der Waals surface area contributed by atoms with Gasteiger partial charge in [-0.2, -0.15) is 0 Å². The molecule has 1 aromatic carbocycles. The third-order valence-corrected chi connectivity index (χ3v) is 3.18. The minimum absolute atomic E-state index is 0.516. The van der Waals surface area contributed by atoms with E-state index in [2.05, 4.69) is 19.2 Å². The molecule has 118 valence electrons. The van der Waals surface area contributed by atoms with Gasteiger partial charge in [-0.1, -0.05) is 44.9 Å². The molecule has 0 aliphatic heterocycles. The van der Waals surface area contributed by atoms with Gasteiger partial charge in [0.15, 0.2) is 6.10 Å². The van der Waals surface area contributed by atoms with Gasteiger partial charge < -0.3 is 15.2 Å². The molecule has 2 N–H and O–H groups in total. The Bertz CT molecular complexity index is 457. The number of carboxylic acid groups (broad SMARTS) is 1. The van der Waals surface area contributed by atoms with E-state index in [1.165, 1.54) is 0 Å². The van der Waals surface area contributed by atoms with Crippen molar-refractivity contribution in [2.75, 3.05) is 6.54 Å². The van der Waals surface area contributed by atoms with Crippen LogP contribution in [0.25, 0.3) is 0 Å². The van der Waals surface area contributed by atoms with Gasteiger partial charge in [-0.15, -0.1) is 0 Å². The number of aliphatic carboxylic acids is 1. The number of aryl methyl sites for hydroxylation is 1. The normalized spacial score (nSPS) is 12.4. The summed E-state index contributed by atoms with van der Waals surface area (Å²) >= 11 is 0. The Morgan fingerprint density at radius 3 is 2.67 bits per heavy atom. The smallest absolute Gasteiger partial charge is 0.344 e. The molecule has 0 saturated carbocycles. The number of benzene rings is 1. The average Bonchev–Trinajstić information content (AvgIpc) is 2.40. The van der Waals surface area contributed by atoms with Crippen LogP contribution in [0.4, 0.5) is 0 Å². The van der Waals surface area contributed by atoms with Crippen LogP contribution in [-0.4, -0.2) is 23.7 Å². The Morgan fingerprint density at radius 2 is 2.10 bits per heavy atom. The van der Waals surface area contributed by atoms with Crippen LogP contribution >= 0.6 is 0 Å². The summed E-state index contributed by atoms with van der Waals surface area (Å²) in [6, 6.07) is 5.87. The molecule has 0 aliphatic rings. The Balaban J connectivity index is 2.82. The van der Waals surface area contributed by atoms with Crippen LogP contribution in [-0.2, 0) is 11.3 Å². The van der Waals surface area contributed by atoms with Gasteiger partial charge in [-0.3, -0.25) is 0 Å². The topological polar surface area (TPSA) is 58.6 Å². The van der Waals surface area contributed by atoms with Crippen molar-refractivity contribution in [2.24, 2.45) is 5.92 Å². The van der Waals surface area contributed by atoms with Crippen LogP contribution in [0.3, 0.4) is 0 Å². The first-order chi connectivity index (χ1) is 9.93. The number of carboxylic acids is 1. The molecule has 0 bridgehead atoms. The largest absolute Gasteiger partial charge is 0.479 e. The van der Waals surface area contributed by atoms with Gasteiger partial charge in [0.05, 0.1) is 0 Å². The second kappa shape index (κ2) is 8.67. The number of carbonyl (C=O) groups is 1. The molecule has 0 fully saturated rings. The molecule has 0 spiro atoms. The average molecular weight is 293 g/mol. The van der Waals surface area contributed by atoms with Gasteiger partial charge in [0.1, 0.15) is 5.75 Å². The third kappa shape index (κ3) is 6.17. The van der Waals surface area contributed by atoms with Crippen molar-refractivity contribution in [1.82, 2.24) is 5.32 Å². The fraction of sp³-hybridized carbons (Fsp3) is 0.588. The first kappa shape index (κ1) is 17.5. The van der Waals surface area contributed by atoms with Crippen LogP contribution in [0.5, 0.6) is 5.75 Å². The summed E-state index contributed by atoms with van der Waals surface area (Å²) in [5, 5.41) is 12.6. The van der Waals surface area contributed by atoms with E-state index in [1.54, 1.807) is 0 Å². The first-order valence-corrected chi connectivity index (χ1v) is 7.63. The second-order valence-corrected chi connectivity index (χ2v) is 5.87. The lowest BCUT2D eigenvalue weighted by atomic mass is 10.1. The summed E-state index contributed by atoms with van der Waals surface area (Å²) < 4.78 is 5.72. The van der Waals surface area contributed by atoms with Gasteiger partial charge in [0.25, 0.3) is 0 Å². The van der Waals surface area contributed by atoms with Crippen molar-refractivity contribution < 1.29 is 14.6 Å². The standard InChI is InChI=1S/C17H27NO3/c1-5-6-16(17(19)20)21-15-8-7-13(4)9-14(15)11-18-10-12(2)3/h7-9,12,16,18H,5-6,10-11H2,1-4H3,(H,19,20). The molecule has 1 aromatic rings. The van der Waals surface area contributed by atoms with Gasteiger partial charge >= 0.3 is 5.97 Å². The van der Waals surface area contributed by atoms with Crippen LogP contribution < -0.4 is 10.1 Å². The lowest BCUT2D eigenvalue weighted by molar-refractivity contribution is -0.145. The maximum atomic E-state index is 11.2. The lowest BCUT2D eigenvalue weighted by Crippen LogP contribution is -2.27. The SMILES string of the molecule is CCCC(Oc1ccc(C)cc1CNCC(C)C)C(=O)O. The Labute approximate surface area is 127 Å². The minimum Gasteiger partial charge on any atom is -0.479 e. The number of hydrogen-bond donors (Lipinski definition) is 2. The number of rotatable bonds is 9. The molecule has 1 unspecified atom stereocenters. The highest BCUT2D eigenvalue weighted by Gasteiger charge is 2.19. The van der Waals surface area contributed by atoms with Crippen LogP contribution in [0, 0.1) is 12.8 Å². The summed E-state index contributed by atoms with van der Waals surface area (Å²) in [5.74, 6) is 0.335. The van der Waals surface area contributed by atoms with Crippen molar-refractivity contribution in [1.29, 1.82) is 0 Å². The van der Waals surface area contributed by atoms with Crippen LogP contribution in [0.1, 0.15) is 44.7 Å². The monoisotopic (exact) mass is 293 g/mol. The van der Waals surface area contributed by atoms with Crippen LogP contribution in [0.15, 0.2) is 18.2 Å². The molecule has 0 aliphatic carbocycles. The molecular weight excluding hydrogens is 266 g/mol. The molecule has 4 heteroatoms. The third-order valence-electron chi connectivity index (χ3n) is 3.18. The van der Waals surface area contributed by atoms with Crippen molar-refractivity contribution in [3.05, 3.63) is 29.3 Å². The van der Waals surface area contributed by atoms with E-state index < -0.39 is 12.1 Å². The van der Waals surface area contributed by atoms with Crippen molar-refractivity contribution >= 4 is 5.97 Å². The fourth-order valence-corrected chi connectivity index (χ4v) is 2.11. The zero-order valence-electron chi connectivity index (χ0n) is 13.5. The Kier molecular flexibility index (Phi) is 7.23.